The van der Waals surface area contributed by atoms with Gasteiger partial charge in [-0.2, -0.15) is 0 Å². The van der Waals surface area contributed by atoms with Crippen LogP contribution in [0.4, 0.5) is 0 Å². The molecule has 0 saturated carbocycles. The zero-order valence-corrected chi connectivity index (χ0v) is 14.5. The van der Waals surface area contributed by atoms with E-state index < -0.39 is 0 Å². The number of carbonyl (C=O) groups excluding carboxylic acids is 2. The highest BCUT2D eigenvalue weighted by Crippen LogP contribution is 2.38. The van der Waals surface area contributed by atoms with Gasteiger partial charge in [-0.15, -0.1) is 18.3 Å². The maximum atomic E-state index is 12.7. The topological polar surface area (TPSA) is 46.6 Å². The van der Waals surface area contributed by atoms with Crippen molar-refractivity contribution in [1.29, 1.82) is 0 Å². The van der Waals surface area contributed by atoms with Gasteiger partial charge in [0.2, 0.25) is 0 Å². The van der Waals surface area contributed by atoms with Crippen LogP contribution in [0, 0.1) is 0 Å². The van der Waals surface area contributed by atoms with Crippen LogP contribution in [0.1, 0.15) is 26.3 Å². The SMILES string of the molecule is C=CCN1C(=O)C(SC(C)C)=C(c2ccc(OCC)cc2)C1=O. The fourth-order valence-corrected chi connectivity index (χ4v) is 3.34. The van der Waals surface area contributed by atoms with Crippen LogP contribution in [0.15, 0.2) is 41.8 Å². The number of benzene rings is 1. The van der Waals surface area contributed by atoms with Crippen LogP contribution in [-0.4, -0.2) is 35.1 Å². The lowest BCUT2D eigenvalue weighted by Crippen LogP contribution is -2.31. The Kier molecular flexibility index (Phi) is 5.66. The number of rotatable bonds is 7. The molecule has 1 aliphatic rings. The van der Waals surface area contributed by atoms with E-state index in [2.05, 4.69) is 6.58 Å². The fraction of sp³-hybridized carbons (Fsp3) is 0.333. The predicted molar refractivity (Wildman–Crippen MR) is 94.2 cm³/mol. The molecule has 23 heavy (non-hydrogen) atoms. The minimum atomic E-state index is -0.262. The lowest BCUT2D eigenvalue weighted by atomic mass is 10.1. The van der Waals surface area contributed by atoms with E-state index in [4.69, 9.17) is 4.74 Å². The molecule has 122 valence electrons. The van der Waals surface area contributed by atoms with Gasteiger partial charge in [0.1, 0.15) is 5.75 Å². The largest absolute Gasteiger partial charge is 0.494 e. The van der Waals surface area contributed by atoms with E-state index in [0.29, 0.717) is 17.1 Å². The van der Waals surface area contributed by atoms with Crippen molar-refractivity contribution in [2.24, 2.45) is 0 Å². The predicted octanol–water partition coefficient (Wildman–Crippen LogP) is 3.49. The lowest BCUT2D eigenvalue weighted by molar-refractivity contribution is -0.135. The van der Waals surface area contributed by atoms with Crippen LogP contribution in [0.25, 0.3) is 5.57 Å². The van der Waals surface area contributed by atoms with Gasteiger partial charge in [0.15, 0.2) is 0 Å². The van der Waals surface area contributed by atoms with E-state index in [1.54, 1.807) is 6.08 Å². The first kappa shape index (κ1) is 17.3. The first-order valence-corrected chi connectivity index (χ1v) is 8.48. The van der Waals surface area contributed by atoms with Crippen LogP contribution in [0.3, 0.4) is 0 Å². The number of nitrogens with zero attached hydrogens (tertiary/aromatic N) is 1. The van der Waals surface area contributed by atoms with Crippen LogP contribution in [-0.2, 0) is 9.59 Å². The number of thioether (sulfide) groups is 1. The van der Waals surface area contributed by atoms with E-state index in [1.807, 2.05) is 45.0 Å². The van der Waals surface area contributed by atoms with Crippen LogP contribution in [0.2, 0.25) is 0 Å². The standard InChI is InChI=1S/C18H21NO3S/c1-5-11-19-17(20)15(16(18(19)21)23-12(3)4)13-7-9-14(10-8-13)22-6-2/h5,7-10,12H,1,6,11H2,2-4H3. The Morgan fingerprint density at radius 3 is 2.39 bits per heavy atom. The summed E-state index contributed by atoms with van der Waals surface area (Å²) >= 11 is 1.42. The van der Waals surface area contributed by atoms with Crippen LogP contribution < -0.4 is 4.74 Å². The lowest BCUT2D eigenvalue weighted by Gasteiger charge is -2.12. The van der Waals surface area contributed by atoms with Crippen LogP contribution in [0.5, 0.6) is 5.75 Å². The van der Waals surface area contributed by atoms with Crippen molar-refractivity contribution in [2.45, 2.75) is 26.0 Å². The second-order valence-electron chi connectivity index (χ2n) is 5.34. The number of carbonyl (C=O) groups is 2. The first-order valence-electron chi connectivity index (χ1n) is 7.60. The number of amides is 2. The van der Waals surface area contributed by atoms with Gasteiger partial charge >= 0.3 is 0 Å². The quantitative estimate of drug-likeness (QED) is 0.567. The van der Waals surface area contributed by atoms with Crippen molar-refractivity contribution in [1.82, 2.24) is 4.90 Å². The van der Waals surface area contributed by atoms with Crippen LogP contribution >= 0.6 is 11.8 Å². The number of hydrogen-bond donors (Lipinski definition) is 0. The van der Waals surface area contributed by atoms with Crippen molar-refractivity contribution >= 4 is 29.1 Å². The molecule has 5 heteroatoms. The monoisotopic (exact) mass is 331 g/mol. The van der Waals surface area contributed by atoms with Gasteiger partial charge in [0, 0.05) is 11.8 Å². The summed E-state index contributed by atoms with van der Waals surface area (Å²) < 4.78 is 5.43. The number of ether oxygens (including phenoxy) is 1. The van der Waals surface area contributed by atoms with E-state index >= 15 is 0 Å². The molecule has 0 N–H and O–H groups in total. The van der Waals surface area contributed by atoms with E-state index in [1.165, 1.54) is 16.7 Å². The Labute approximate surface area is 141 Å². The van der Waals surface area contributed by atoms with E-state index in [9.17, 15) is 9.59 Å². The van der Waals surface area contributed by atoms with E-state index in [-0.39, 0.29) is 23.6 Å². The Hall–Kier alpha value is -2.01. The average Bonchev–Trinajstić information content (AvgIpc) is 2.73. The molecule has 0 radical (unpaired) electrons. The summed E-state index contributed by atoms with van der Waals surface area (Å²) in [4.78, 5) is 27.0. The molecule has 0 bridgehead atoms. The van der Waals surface area contributed by atoms with Crippen molar-refractivity contribution < 1.29 is 14.3 Å². The molecule has 0 spiro atoms. The van der Waals surface area contributed by atoms with Gasteiger partial charge in [0.25, 0.3) is 11.8 Å². The second kappa shape index (κ2) is 7.51. The Bertz CT molecular complexity index is 647. The number of hydrogen-bond acceptors (Lipinski definition) is 4. The zero-order valence-electron chi connectivity index (χ0n) is 13.7. The van der Waals surface area contributed by atoms with Gasteiger partial charge in [0.05, 0.1) is 17.1 Å². The molecule has 0 atom stereocenters. The third-order valence-corrected chi connectivity index (χ3v) is 4.33. The molecule has 1 aromatic rings. The van der Waals surface area contributed by atoms with Gasteiger partial charge in [-0.05, 0) is 24.6 Å². The minimum Gasteiger partial charge on any atom is -0.494 e. The molecule has 0 aliphatic carbocycles. The molecular weight excluding hydrogens is 310 g/mol. The highest BCUT2D eigenvalue weighted by atomic mass is 32.2. The number of imide groups is 1. The maximum Gasteiger partial charge on any atom is 0.268 e. The second-order valence-corrected chi connectivity index (χ2v) is 6.92. The summed E-state index contributed by atoms with van der Waals surface area (Å²) in [5, 5.41) is 0.211. The molecule has 2 amide bonds. The summed E-state index contributed by atoms with van der Waals surface area (Å²) in [5.41, 5.74) is 1.21. The first-order chi connectivity index (χ1) is 11.0. The van der Waals surface area contributed by atoms with E-state index in [0.717, 1.165) is 11.3 Å². The normalized spacial score (nSPS) is 14.9. The van der Waals surface area contributed by atoms with Crippen molar-refractivity contribution in [3.05, 3.63) is 47.4 Å². The molecule has 0 fully saturated rings. The smallest absolute Gasteiger partial charge is 0.268 e. The molecule has 2 rings (SSSR count). The molecule has 4 nitrogen and oxygen atoms in total. The average molecular weight is 331 g/mol. The summed E-state index contributed by atoms with van der Waals surface area (Å²) in [6, 6.07) is 7.28. The summed E-state index contributed by atoms with van der Waals surface area (Å²) in [6.45, 7) is 10.3. The Morgan fingerprint density at radius 2 is 1.87 bits per heavy atom. The molecule has 1 aromatic carbocycles. The van der Waals surface area contributed by atoms with Crippen molar-refractivity contribution in [3.63, 3.8) is 0 Å². The van der Waals surface area contributed by atoms with Crippen molar-refractivity contribution in [2.75, 3.05) is 13.2 Å². The summed E-state index contributed by atoms with van der Waals surface area (Å²) in [6.07, 6.45) is 1.56. The Morgan fingerprint density at radius 1 is 1.22 bits per heavy atom. The third kappa shape index (κ3) is 3.67. The molecular formula is C18H21NO3S. The van der Waals surface area contributed by atoms with Crippen molar-refractivity contribution in [3.8, 4) is 5.75 Å². The summed E-state index contributed by atoms with van der Waals surface area (Å²) in [5.74, 6) is 0.245. The fourth-order valence-electron chi connectivity index (χ4n) is 2.33. The molecule has 0 saturated heterocycles. The highest BCUT2D eigenvalue weighted by Gasteiger charge is 2.38. The maximum absolute atomic E-state index is 12.7. The molecule has 1 aliphatic heterocycles. The van der Waals surface area contributed by atoms with Gasteiger partial charge in [-0.3, -0.25) is 14.5 Å². The minimum absolute atomic E-state index is 0.211. The highest BCUT2D eigenvalue weighted by molar-refractivity contribution is 8.04. The van der Waals surface area contributed by atoms with Gasteiger partial charge in [-0.1, -0.05) is 32.1 Å². The third-order valence-electron chi connectivity index (χ3n) is 3.24. The van der Waals surface area contributed by atoms with Gasteiger partial charge in [-0.25, -0.2) is 0 Å². The molecule has 0 aromatic heterocycles. The molecule has 1 heterocycles. The molecule has 0 unspecified atom stereocenters. The zero-order chi connectivity index (χ0) is 17.0. The van der Waals surface area contributed by atoms with Gasteiger partial charge < -0.3 is 4.74 Å². The Balaban J connectivity index is 2.44. The summed E-state index contributed by atoms with van der Waals surface area (Å²) in [7, 11) is 0.